The predicted molar refractivity (Wildman–Crippen MR) is 45.8 cm³/mol. The standard InChI is InChI=1S/C10H16/c1-7(2)10-6-8(3)5-9(10)4/h5,7,10H,4,6H2,1-3H3/t10-/m0/s1. The zero-order valence-electron chi connectivity index (χ0n) is 7.15. The molecule has 0 aromatic carbocycles. The molecule has 0 nitrogen and oxygen atoms in total. The summed E-state index contributed by atoms with van der Waals surface area (Å²) in [6.07, 6.45) is 3.46. The summed E-state index contributed by atoms with van der Waals surface area (Å²) >= 11 is 0. The van der Waals surface area contributed by atoms with Gasteiger partial charge in [0.1, 0.15) is 0 Å². The average Bonchev–Trinajstić information content (AvgIpc) is 2.10. The maximum Gasteiger partial charge on any atom is -0.0108 e. The van der Waals surface area contributed by atoms with Crippen molar-refractivity contribution in [2.75, 3.05) is 0 Å². The summed E-state index contributed by atoms with van der Waals surface area (Å²) in [5, 5.41) is 0. The van der Waals surface area contributed by atoms with Gasteiger partial charge >= 0.3 is 0 Å². The number of hydrogen-bond donors (Lipinski definition) is 0. The normalized spacial score (nSPS) is 25.8. The smallest absolute Gasteiger partial charge is 0.0108 e. The van der Waals surface area contributed by atoms with Gasteiger partial charge in [0.25, 0.3) is 0 Å². The van der Waals surface area contributed by atoms with E-state index in [-0.39, 0.29) is 0 Å². The Bertz CT molecular complexity index is 172. The lowest BCUT2D eigenvalue weighted by Gasteiger charge is -2.15. The molecule has 1 aliphatic carbocycles. The summed E-state index contributed by atoms with van der Waals surface area (Å²) < 4.78 is 0. The number of hydrogen-bond acceptors (Lipinski definition) is 0. The molecular formula is C10H16. The largest absolute Gasteiger partial charge is 0.0955 e. The van der Waals surface area contributed by atoms with E-state index in [1.807, 2.05) is 0 Å². The SMILES string of the molecule is C=C1C=C(C)C[C@H]1C(C)C. The fourth-order valence-corrected chi connectivity index (χ4v) is 1.62. The second kappa shape index (κ2) is 2.61. The van der Waals surface area contributed by atoms with Crippen molar-refractivity contribution in [3.8, 4) is 0 Å². The van der Waals surface area contributed by atoms with Crippen molar-refractivity contribution in [3.63, 3.8) is 0 Å². The summed E-state index contributed by atoms with van der Waals surface area (Å²) in [7, 11) is 0. The highest BCUT2D eigenvalue weighted by Gasteiger charge is 2.20. The van der Waals surface area contributed by atoms with Crippen LogP contribution in [-0.4, -0.2) is 0 Å². The van der Waals surface area contributed by atoms with Crippen LogP contribution >= 0.6 is 0 Å². The number of rotatable bonds is 1. The third kappa shape index (κ3) is 1.31. The molecule has 1 aliphatic rings. The van der Waals surface area contributed by atoms with Crippen LogP contribution in [0.15, 0.2) is 23.8 Å². The van der Waals surface area contributed by atoms with Gasteiger partial charge in [-0.15, -0.1) is 0 Å². The fraction of sp³-hybridized carbons (Fsp3) is 0.600. The summed E-state index contributed by atoms with van der Waals surface area (Å²) in [5.41, 5.74) is 2.82. The molecule has 1 rings (SSSR count). The third-order valence-electron chi connectivity index (χ3n) is 2.25. The topological polar surface area (TPSA) is 0 Å². The summed E-state index contributed by atoms with van der Waals surface area (Å²) in [6, 6.07) is 0. The molecule has 10 heavy (non-hydrogen) atoms. The van der Waals surface area contributed by atoms with Crippen LogP contribution in [0, 0.1) is 11.8 Å². The second-order valence-corrected chi connectivity index (χ2v) is 3.62. The van der Waals surface area contributed by atoms with Gasteiger partial charge < -0.3 is 0 Å². The fourth-order valence-electron chi connectivity index (χ4n) is 1.62. The Hall–Kier alpha value is -0.520. The zero-order valence-corrected chi connectivity index (χ0v) is 7.15. The first-order chi connectivity index (χ1) is 4.61. The molecule has 0 radical (unpaired) electrons. The van der Waals surface area contributed by atoms with Gasteiger partial charge in [0.2, 0.25) is 0 Å². The first-order valence-electron chi connectivity index (χ1n) is 3.97. The molecule has 0 heterocycles. The lowest BCUT2D eigenvalue weighted by molar-refractivity contribution is 0.462. The molecule has 0 fully saturated rings. The van der Waals surface area contributed by atoms with Gasteiger partial charge in [-0.2, -0.15) is 0 Å². The highest BCUT2D eigenvalue weighted by Crippen LogP contribution is 2.33. The summed E-state index contributed by atoms with van der Waals surface area (Å²) in [6.45, 7) is 10.8. The van der Waals surface area contributed by atoms with E-state index in [4.69, 9.17) is 0 Å². The molecule has 0 aliphatic heterocycles. The van der Waals surface area contributed by atoms with Crippen LogP contribution in [0.25, 0.3) is 0 Å². The van der Waals surface area contributed by atoms with Gasteiger partial charge in [-0.25, -0.2) is 0 Å². The van der Waals surface area contributed by atoms with Crippen molar-refractivity contribution in [3.05, 3.63) is 23.8 Å². The predicted octanol–water partition coefficient (Wildman–Crippen LogP) is 3.16. The minimum Gasteiger partial charge on any atom is -0.0955 e. The van der Waals surface area contributed by atoms with Crippen LogP contribution in [0.2, 0.25) is 0 Å². The van der Waals surface area contributed by atoms with Crippen LogP contribution < -0.4 is 0 Å². The van der Waals surface area contributed by atoms with Gasteiger partial charge in [0.15, 0.2) is 0 Å². The van der Waals surface area contributed by atoms with E-state index < -0.39 is 0 Å². The van der Waals surface area contributed by atoms with Crippen molar-refractivity contribution in [2.24, 2.45) is 11.8 Å². The lowest BCUT2D eigenvalue weighted by atomic mass is 9.90. The Kier molecular flexibility index (Phi) is 1.98. The van der Waals surface area contributed by atoms with Crippen LogP contribution in [0.5, 0.6) is 0 Å². The Labute approximate surface area is 63.6 Å². The van der Waals surface area contributed by atoms with E-state index in [1.54, 1.807) is 0 Å². The van der Waals surface area contributed by atoms with Crippen molar-refractivity contribution in [1.82, 2.24) is 0 Å². The number of allylic oxidation sites excluding steroid dienone is 3. The molecule has 0 aromatic heterocycles. The van der Waals surface area contributed by atoms with Crippen molar-refractivity contribution < 1.29 is 0 Å². The van der Waals surface area contributed by atoms with Crippen LogP contribution in [0.1, 0.15) is 27.2 Å². The maximum absolute atomic E-state index is 4.03. The summed E-state index contributed by atoms with van der Waals surface area (Å²) in [4.78, 5) is 0. The van der Waals surface area contributed by atoms with Gasteiger partial charge in [-0.3, -0.25) is 0 Å². The highest BCUT2D eigenvalue weighted by molar-refractivity contribution is 5.30. The van der Waals surface area contributed by atoms with Crippen molar-refractivity contribution >= 4 is 0 Å². The lowest BCUT2D eigenvalue weighted by Crippen LogP contribution is -2.05. The Morgan fingerprint density at radius 3 is 2.40 bits per heavy atom. The first-order valence-corrected chi connectivity index (χ1v) is 3.97. The van der Waals surface area contributed by atoms with Crippen LogP contribution in [0.3, 0.4) is 0 Å². The van der Waals surface area contributed by atoms with Crippen LogP contribution in [0.4, 0.5) is 0 Å². The Balaban J connectivity index is 2.64. The molecule has 1 atom stereocenters. The molecule has 0 N–H and O–H groups in total. The highest BCUT2D eigenvalue weighted by atomic mass is 14.3. The van der Waals surface area contributed by atoms with Gasteiger partial charge in [0, 0.05) is 0 Å². The molecule has 0 bridgehead atoms. The molecule has 0 saturated heterocycles. The van der Waals surface area contributed by atoms with Crippen molar-refractivity contribution in [1.29, 1.82) is 0 Å². The molecule has 0 unspecified atom stereocenters. The van der Waals surface area contributed by atoms with E-state index >= 15 is 0 Å². The Morgan fingerprint density at radius 1 is 1.60 bits per heavy atom. The van der Waals surface area contributed by atoms with Gasteiger partial charge in [-0.05, 0) is 25.2 Å². The monoisotopic (exact) mass is 136 g/mol. The third-order valence-corrected chi connectivity index (χ3v) is 2.25. The minimum absolute atomic E-state index is 0.722. The van der Waals surface area contributed by atoms with Crippen molar-refractivity contribution in [2.45, 2.75) is 27.2 Å². The second-order valence-electron chi connectivity index (χ2n) is 3.62. The maximum atomic E-state index is 4.03. The minimum atomic E-state index is 0.722. The molecule has 56 valence electrons. The quantitative estimate of drug-likeness (QED) is 0.519. The van der Waals surface area contributed by atoms with Gasteiger partial charge in [-0.1, -0.05) is 37.6 Å². The van der Waals surface area contributed by atoms with E-state index in [1.165, 1.54) is 17.6 Å². The molecule has 0 heteroatoms. The molecule has 0 spiro atoms. The van der Waals surface area contributed by atoms with E-state index in [2.05, 4.69) is 33.4 Å². The first kappa shape index (κ1) is 7.59. The van der Waals surface area contributed by atoms with Gasteiger partial charge in [0.05, 0.1) is 0 Å². The molecular weight excluding hydrogens is 120 g/mol. The average molecular weight is 136 g/mol. The van der Waals surface area contributed by atoms with E-state index in [0.717, 1.165) is 11.8 Å². The zero-order chi connectivity index (χ0) is 7.72. The van der Waals surface area contributed by atoms with E-state index in [0.29, 0.717) is 0 Å². The molecule has 0 aromatic rings. The molecule has 0 saturated carbocycles. The molecule has 0 amide bonds. The Morgan fingerprint density at radius 2 is 2.20 bits per heavy atom. The van der Waals surface area contributed by atoms with E-state index in [9.17, 15) is 0 Å². The summed E-state index contributed by atoms with van der Waals surface area (Å²) in [5.74, 6) is 1.47. The van der Waals surface area contributed by atoms with Crippen LogP contribution in [-0.2, 0) is 0 Å².